The Morgan fingerprint density at radius 3 is 2.52 bits per heavy atom. The summed E-state index contributed by atoms with van der Waals surface area (Å²) >= 11 is 0. The predicted molar refractivity (Wildman–Crippen MR) is 84.2 cm³/mol. The van der Waals surface area contributed by atoms with Gasteiger partial charge < -0.3 is 5.32 Å². The van der Waals surface area contributed by atoms with E-state index >= 15 is 0 Å². The number of imide groups is 1. The molecule has 0 bridgehead atoms. The second-order valence-electron chi connectivity index (χ2n) is 7.25. The van der Waals surface area contributed by atoms with Crippen molar-refractivity contribution in [3.05, 3.63) is 0 Å². The first-order valence-electron chi connectivity index (χ1n) is 8.21. The summed E-state index contributed by atoms with van der Waals surface area (Å²) in [5.74, 6) is -0.260. The van der Waals surface area contributed by atoms with Crippen molar-refractivity contribution in [3.8, 4) is 0 Å². The molecule has 4 amide bonds. The molecular weight excluding hydrogens is 298 g/mol. The van der Waals surface area contributed by atoms with Gasteiger partial charge in [0, 0.05) is 0 Å². The van der Waals surface area contributed by atoms with E-state index in [0.717, 1.165) is 24.2 Å². The molecule has 0 aromatic heterocycles. The van der Waals surface area contributed by atoms with Crippen molar-refractivity contribution in [2.24, 2.45) is 11.3 Å². The molecular formula is C16H27N3O4. The van der Waals surface area contributed by atoms with E-state index in [2.05, 4.69) is 36.4 Å². The van der Waals surface area contributed by atoms with Crippen LogP contribution < -0.4 is 10.8 Å². The van der Waals surface area contributed by atoms with Crippen molar-refractivity contribution in [3.63, 3.8) is 0 Å². The van der Waals surface area contributed by atoms with E-state index in [4.69, 9.17) is 0 Å². The van der Waals surface area contributed by atoms with E-state index < -0.39 is 17.5 Å². The summed E-state index contributed by atoms with van der Waals surface area (Å²) in [4.78, 5) is 41.9. The maximum absolute atomic E-state index is 12.7. The van der Waals surface area contributed by atoms with Crippen molar-refractivity contribution < 1.29 is 19.2 Å². The predicted octanol–water partition coefficient (Wildman–Crippen LogP) is 1.58. The summed E-state index contributed by atoms with van der Waals surface area (Å²) in [6.07, 6.45) is 4.17. The minimum Gasteiger partial charge on any atom is -0.323 e. The Hall–Kier alpha value is -1.63. The Labute approximate surface area is 137 Å². The highest BCUT2D eigenvalue weighted by molar-refractivity contribution is 6.09. The zero-order chi connectivity index (χ0) is 17.3. The molecule has 0 aromatic carbocycles. The Morgan fingerprint density at radius 1 is 1.39 bits per heavy atom. The Morgan fingerprint density at radius 2 is 2.00 bits per heavy atom. The third-order valence-electron chi connectivity index (χ3n) is 5.62. The van der Waals surface area contributed by atoms with Gasteiger partial charge in [-0.15, -0.1) is 0 Å². The van der Waals surface area contributed by atoms with Gasteiger partial charge in [-0.05, 0) is 37.0 Å². The largest absolute Gasteiger partial charge is 0.325 e. The molecule has 1 heterocycles. The first-order valence-corrected chi connectivity index (χ1v) is 8.21. The molecule has 130 valence electrons. The van der Waals surface area contributed by atoms with Gasteiger partial charge in [0.05, 0.1) is 7.11 Å². The van der Waals surface area contributed by atoms with Gasteiger partial charge in [-0.1, -0.05) is 27.2 Å². The lowest BCUT2D eigenvalue weighted by atomic mass is 9.65. The Kier molecular flexibility index (Phi) is 4.98. The van der Waals surface area contributed by atoms with Crippen LogP contribution in [0, 0.1) is 11.3 Å². The highest BCUT2D eigenvalue weighted by Gasteiger charge is 2.53. The van der Waals surface area contributed by atoms with Crippen LogP contribution in [-0.2, 0) is 14.4 Å². The third-order valence-corrected chi connectivity index (χ3v) is 5.62. The highest BCUT2D eigenvalue weighted by Crippen LogP contribution is 2.45. The lowest BCUT2D eigenvalue weighted by Gasteiger charge is -2.42. The minimum atomic E-state index is -0.829. The van der Waals surface area contributed by atoms with Crippen molar-refractivity contribution in [2.45, 2.75) is 58.4 Å². The fourth-order valence-electron chi connectivity index (χ4n) is 3.63. The molecule has 1 aliphatic heterocycles. The molecule has 2 N–H and O–H groups in total. The van der Waals surface area contributed by atoms with Gasteiger partial charge in [0.1, 0.15) is 12.1 Å². The molecule has 23 heavy (non-hydrogen) atoms. The number of hydrogen-bond donors (Lipinski definition) is 2. The van der Waals surface area contributed by atoms with Crippen LogP contribution in [0.4, 0.5) is 4.79 Å². The third kappa shape index (κ3) is 3.34. The normalized spacial score (nSPS) is 28.2. The summed E-state index contributed by atoms with van der Waals surface area (Å²) in [6, 6.07) is -0.491. The van der Waals surface area contributed by atoms with Gasteiger partial charge in [-0.25, -0.2) is 10.3 Å². The Bertz CT molecular complexity index is 496. The second-order valence-corrected chi connectivity index (χ2v) is 7.25. The maximum Gasteiger partial charge on any atom is 0.325 e. The SMILES string of the molecule is CCC(C)(C)C1CCC2(CC1)NC(=O)N(CC(=O)NOC)C2=O. The van der Waals surface area contributed by atoms with Crippen molar-refractivity contribution >= 4 is 17.8 Å². The number of carbonyl (C=O) groups excluding carboxylic acids is 3. The van der Waals surface area contributed by atoms with E-state index in [-0.39, 0.29) is 17.9 Å². The quantitative estimate of drug-likeness (QED) is 0.593. The average Bonchev–Trinajstić information content (AvgIpc) is 2.72. The van der Waals surface area contributed by atoms with Gasteiger partial charge in [0.2, 0.25) is 0 Å². The standard InChI is InChI=1S/C16H27N3O4/c1-5-15(2,3)11-6-8-16(9-7-11)13(21)19(14(22)17-16)10-12(20)18-23-4/h11H,5-10H2,1-4H3,(H,17,22)(H,18,20). The van der Waals surface area contributed by atoms with Gasteiger partial charge in [-0.2, -0.15) is 0 Å². The van der Waals surface area contributed by atoms with Crippen LogP contribution in [0.5, 0.6) is 0 Å². The summed E-state index contributed by atoms with van der Waals surface area (Å²) in [6.45, 7) is 6.38. The molecule has 1 aliphatic carbocycles. The van der Waals surface area contributed by atoms with Crippen molar-refractivity contribution in [1.82, 2.24) is 15.7 Å². The van der Waals surface area contributed by atoms with Gasteiger partial charge in [0.25, 0.3) is 11.8 Å². The number of carbonyl (C=O) groups is 3. The molecule has 0 aromatic rings. The van der Waals surface area contributed by atoms with E-state index in [1.165, 1.54) is 7.11 Å². The van der Waals surface area contributed by atoms with Crippen LogP contribution in [0.3, 0.4) is 0 Å². The van der Waals surface area contributed by atoms with E-state index in [0.29, 0.717) is 18.8 Å². The molecule has 7 heteroatoms. The van der Waals surface area contributed by atoms with E-state index in [9.17, 15) is 14.4 Å². The summed E-state index contributed by atoms with van der Waals surface area (Å²) in [7, 11) is 1.31. The molecule has 0 unspecified atom stereocenters. The zero-order valence-electron chi connectivity index (χ0n) is 14.4. The first-order chi connectivity index (χ1) is 10.8. The Balaban J connectivity index is 2.04. The highest BCUT2D eigenvalue weighted by atomic mass is 16.6. The number of hydroxylamine groups is 1. The molecule has 2 aliphatic rings. The number of rotatable bonds is 5. The molecule has 0 radical (unpaired) electrons. The fraction of sp³-hybridized carbons (Fsp3) is 0.812. The van der Waals surface area contributed by atoms with Crippen LogP contribution in [-0.4, -0.2) is 41.9 Å². The molecule has 2 rings (SSSR count). The van der Waals surface area contributed by atoms with E-state index in [1.54, 1.807) is 0 Å². The summed E-state index contributed by atoms with van der Waals surface area (Å²) < 4.78 is 0. The number of nitrogens with zero attached hydrogens (tertiary/aromatic N) is 1. The molecule has 1 saturated carbocycles. The fourth-order valence-corrected chi connectivity index (χ4v) is 3.63. The minimum absolute atomic E-state index is 0.241. The average molecular weight is 325 g/mol. The topological polar surface area (TPSA) is 87.7 Å². The molecule has 7 nitrogen and oxygen atoms in total. The number of amides is 4. The molecule has 1 spiro atoms. The van der Waals surface area contributed by atoms with Crippen molar-refractivity contribution in [2.75, 3.05) is 13.7 Å². The van der Waals surface area contributed by atoms with E-state index in [1.807, 2.05) is 0 Å². The van der Waals surface area contributed by atoms with Crippen LogP contribution in [0.15, 0.2) is 0 Å². The lowest BCUT2D eigenvalue weighted by Crippen LogP contribution is -2.51. The molecule has 2 fully saturated rings. The van der Waals surface area contributed by atoms with Gasteiger partial charge in [0.15, 0.2) is 0 Å². The first kappa shape index (κ1) is 17.7. The van der Waals surface area contributed by atoms with Crippen LogP contribution >= 0.6 is 0 Å². The smallest absolute Gasteiger partial charge is 0.323 e. The second kappa shape index (κ2) is 6.47. The number of nitrogens with one attached hydrogen (secondary N) is 2. The monoisotopic (exact) mass is 325 g/mol. The summed E-state index contributed by atoms with van der Waals surface area (Å²) in [5.41, 5.74) is 1.54. The molecule has 0 atom stereocenters. The number of hydrogen-bond acceptors (Lipinski definition) is 4. The van der Waals surface area contributed by atoms with Gasteiger partial charge >= 0.3 is 6.03 Å². The number of urea groups is 1. The zero-order valence-corrected chi connectivity index (χ0v) is 14.4. The lowest BCUT2D eigenvalue weighted by molar-refractivity contribution is -0.139. The van der Waals surface area contributed by atoms with Crippen molar-refractivity contribution in [1.29, 1.82) is 0 Å². The van der Waals surface area contributed by atoms with Gasteiger partial charge in [-0.3, -0.25) is 19.3 Å². The van der Waals surface area contributed by atoms with Crippen LogP contribution in [0.25, 0.3) is 0 Å². The summed E-state index contributed by atoms with van der Waals surface area (Å²) in [5, 5.41) is 2.82. The van der Waals surface area contributed by atoms with Crippen LogP contribution in [0.2, 0.25) is 0 Å². The van der Waals surface area contributed by atoms with Crippen LogP contribution in [0.1, 0.15) is 52.9 Å². The molecule has 1 saturated heterocycles. The maximum atomic E-state index is 12.7.